The van der Waals surface area contributed by atoms with Crippen LogP contribution in [0.15, 0.2) is 34.9 Å². The predicted molar refractivity (Wildman–Crippen MR) is 107 cm³/mol. The Hall–Kier alpha value is -3.22. The highest BCUT2D eigenvalue weighted by Crippen LogP contribution is 2.36. The van der Waals surface area contributed by atoms with E-state index in [2.05, 4.69) is 22.3 Å². The lowest BCUT2D eigenvalue weighted by Gasteiger charge is -2.21. The molecule has 0 saturated carbocycles. The summed E-state index contributed by atoms with van der Waals surface area (Å²) in [4.78, 5) is 18.9. The molecule has 7 heteroatoms. The summed E-state index contributed by atoms with van der Waals surface area (Å²) in [6.45, 7) is 6.54. The topological polar surface area (TPSA) is 68.5 Å². The molecule has 1 unspecified atom stereocenters. The maximum atomic E-state index is 14.0. The Morgan fingerprint density at radius 3 is 2.55 bits per heavy atom. The van der Waals surface area contributed by atoms with Crippen molar-refractivity contribution in [1.82, 2.24) is 10.1 Å². The van der Waals surface area contributed by atoms with E-state index in [0.717, 1.165) is 16.8 Å². The predicted octanol–water partition coefficient (Wildman–Crippen LogP) is 4.33. The van der Waals surface area contributed by atoms with Gasteiger partial charge in [0, 0.05) is 24.2 Å². The summed E-state index contributed by atoms with van der Waals surface area (Å²) in [5, 5.41) is 3.97. The van der Waals surface area contributed by atoms with Crippen LogP contribution in [0, 0.1) is 26.6 Å². The number of aromatic nitrogens is 2. The van der Waals surface area contributed by atoms with Crippen molar-refractivity contribution in [3.05, 3.63) is 58.7 Å². The second kappa shape index (κ2) is 7.31. The average Bonchev–Trinajstić information content (AvgIpc) is 3.28. The Bertz CT molecular complexity index is 1070. The molecule has 4 rings (SSSR count). The highest BCUT2D eigenvalue weighted by atomic mass is 19.1. The van der Waals surface area contributed by atoms with Crippen LogP contribution in [0.1, 0.15) is 34.9 Å². The molecule has 1 aromatic heterocycles. The molecule has 2 aromatic carbocycles. The summed E-state index contributed by atoms with van der Waals surface area (Å²) in [6.07, 6.45) is 0.297. The second-order valence-corrected chi connectivity index (χ2v) is 7.46. The van der Waals surface area contributed by atoms with Crippen molar-refractivity contribution in [3.8, 4) is 17.1 Å². The van der Waals surface area contributed by atoms with E-state index in [0.29, 0.717) is 24.4 Å². The van der Waals surface area contributed by atoms with Gasteiger partial charge in [-0.1, -0.05) is 22.9 Å². The van der Waals surface area contributed by atoms with Crippen LogP contribution in [-0.4, -0.2) is 29.7 Å². The zero-order valence-corrected chi connectivity index (χ0v) is 16.8. The molecular weight excluding hydrogens is 373 g/mol. The first-order valence-corrected chi connectivity index (χ1v) is 9.43. The molecule has 0 bridgehead atoms. The highest BCUT2D eigenvalue weighted by molar-refractivity contribution is 5.97. The number of aryl methyl sites for hydroxylation is 3. The lowest BCUT2D eigenvalue weighted by Crippen LogP contribution is -2.26. The fourth-order valence-electron chi connectivity index (χ4n) is 4.01. The molecule has 0 N–H and O–H groups in total. The Labute approximate surface area is 168 Å². The number of rotatable bonds is 4. The molecule has 3 aromatic rings. The van der Waals surface area contributed by atoms with Gasteiger partial charge >= 0.3 is 0 Å². The van der Waals surface area contributed by atoms with Crippen LogP contribution in [0.25, 0.3) is 11.4 Å². The third-order valence-corrected chi connectivity index (χ3v) is 5.23. The Morgan fingerprint density at radius 1 is 1.17 bits per heavy atom. The maximum absolute atomic E-state index is 14.0. The van der Waals surface area contributed by atoms with Gasteiger partial charge in [0.25, 0.3) is 0 Å². The summed E-state index contributed by atoms with van der Waals surface area (Å²) < 4.78 is 24.3. The van der Waals surface area contributed by atoms with E-state index >= 15 is 0 Å². The van der Waals surface area contributed by atoms with Crippen molar-refractivity contribution in [2.24, 2.45) is 0 Å². The van der Waals surface area contributed by atoms with Crippen LogP contribution in [0.2, 0.25) is 0 Å². The normalized spacial score (nSPS) is 16.5. The van der Waals surface area contributed by atoms with Crippen molar-refractivity contribution in [2.75, 3.05) is 18.6 Å². The van der Waals surface area contributed by atoms with Gasteiger partial charge in [-0.3, -0.25) is 4.79 Å². The molecule has 2 heterocycles. The first-order valence-electron chi connectivity index (χ1n) is 9.43. The monoisotopic (exact) mass is 395 g/mol. The molecule has 1 fully saturated rings. The van der Waals surface area contributed by atoms with Crippen molar-refractivity contribution >= 4 is 11.6 Å². The Balaban J connectivity index is 1.59. The number of ether oxygens (including phenoxy) is 1. The molecule has 150 valence electrons. The Kier molecular flexibility index (Phi) is 4.82. The fraction of sp³-hybridized carbons (Fsp3) is 0.318. The van der Waals surface area contributed by atoms with Crippen LogP contribution in [0.4, 0.5) is 10.1 Å². The second-order valence-electron chi connectivity index (χ2n) is 7.46. The summed E-state index contributed by atoms with van der Waals surface area (Å²) in [5.74, 6) is 0.152. The van der Waals surface area contributed by atoms with Gasteiger partial charge in [0.1, 0.15) is 0 Å². The van der Waals surface area contributed by atoms with Gasteiger partial charge < -0.3 is 14.2 Å². The van der Waals surface area contributed by atoms with Crippen LogP contribution >= 0.6 is 0 Å². The fourth-order valence-corrected chi connectivity index (χ4v) is 4.01. The molecular formula is C22H22FN3O3. The van der Waals surface area contributed by atoms with Gasteiger partial charge in [0.05, 0.1) is 13.0 Å². The quantitative estimate of drug-likeness (QED) is 0.658. The number of carbonyl (C=O) groups excluding carboxylic acids is 1. The summed E-state index contributed by atoms with van der Waals surface area (Å²) in [5.41, 5.74) is 4.73. The van der Waals surface area contributed by atoms with Crippen LogP contribution in [0.5, 0.6) is 5.75 Å². The molecule has 1 atom stereocenters. The number of halogens is 1. The van der Waals surface area contributed by atoms with Gasteiger partial charge in [0.15, 0.2) is 11.6 Å². The van der Waals surface area contributed by atoms with E-state index in [1.165, 1.54) is 24.8 Å². The number of amides is 1. The third-order valence-electron chi connectivity index (χ3n) is 5.23. The summed E-state index contributed by atoms with van der Waals surface area (Å²) in [7, 11) is 1.41. The smallest absolute Gasteiger partial charge is 0.232 e. The van der Waals surface area contributed by atoms with Gasteiger partial charge in [0.2, 0.25) is 17.6 Å². The molecule has 1 saturated heterocycles. The minimum Gasteiger partial charge on any atom is -0.494 e. The highest BCUT2D eigenvalue weighted by Gasteiger charge is 2.36. The van der Waals surface area contributed by atoms with Gasteiger partial charge in [-0.15, -0.1) is 0 Å². The molecule has 1 aliphatic heterocycles. The van der Waals surface area contributed by atoms with E-state index in [1.54, 1.807) is 11.0 Å². The van der Waals surface area contributed by atoms with E-state index in [9.17, 15) is 9.18 Å². The standard InChI is InChI=1S/C22H22FN3O3/c1-12-7-13(2)20(14(3)8-12)26-11-16(10-19(26)27)22-24-21(25-29-22)15-5-6-18(28-4)17(23)9-15/h5-9,16H,10-11H2,1-4H3. The van der Waals surface area contributed by atoms with Crippen molar-refractivity contribution in [1.29, 1.82) is 0 Å². The number of nitrogens with zero attached hydrogens (tertiary/aromatic N) is 3. The Morgan fingerprint density at radius 2 is 1.90 bits per heavy atom. The lowest BCUT2D eigenvalue weighted by molar-refractivity contribution is -0.117. The molecule has 6 nitrogen and oxygen atoms in total. The van der Waals surface area contributed by atoms with Gasteiger partial charge in [-0.2, -0.15) is 4.98 Å². The number of methoxy groups -OCH3 is 1. The average molecular weight is 395 g/mol. The van der Waals surface area contributed by atoms with E-state index in [4.69, 9.17) is 9.26 Å². The SMILES string of the molecule is COc1ccc(-c2noc(C3CC(=O)N(c4c(C)cc(C)cc4C)C3)n2)cc1F. The van der Waals surface area contributed by atoms with Crippen molar-refractivity contribution in [2.45, 2.75) is 33.1 Å². The largest absolute Gasteiger partial charge is 0.494 e. The minimum absolute atomic E-state index is 0.0281. The van der Waals surface area contributed by atoms with Crippen LogP contribution in [0.3, 0.4) is 0 Å². The summed E-state index contributed by atoms with van der Waals surface area (Å²) >= 11 is 0. The first kappa shape index (κ1) is 19.1. The van der Waals surface area contributed by atoms with Crippen molar-refractivity contribution in [3.63, 3.8) is 0 Å². The molecule has 0 spiro atoms. The maximum Gasteiger partial charge on any atom is 0.232 e. The van der Waals surface area contributed by atoms with Gasteiger partial charge in [-0.05, 0) is 50.1 Å². The zero-order chi connectivity index (χ0) is 20.7. The van der Waals surface area contributed by atoms with E-state index in [-0.39, 0.29) is 23.4 Å². The van der Waals surface area contributed by atoms with E-state index < -0.39 is 5.82 Å². The molecule has 29 heavy (non-hydrogen) atoms. The minimum atomic E-state index is -0.496. The molecule has 0 radical (unpaired) electrons. The number of hydrogen-bond donors (Lipinski definition) is 0. The van der Waals surface area contributed by atoms with Crippen LogP contribution in [-0.2, 0) is 4.79 Å². The number of hydrogen-bond acceptors (Lipinski definition) is 5. The van der Waals surface area contributed by atoms with E-state index in [1.807, 2.05) is 20.8 Å². The molecule has 1 amide bonds. The third kappa shape index (κ3) is 3.48. The van der Waals surface area contributed by atoms with Crippen LogP contribution < -0.4 is 9.64 Å². The number of benzene rings is 2. The molecule has 1 aliphatic rings. The summed E-state index contributed by atoms with van der Waals surface area (Å²) in [6, 6.07) is 8.64. The van der Waals surface area contributed by atoms with Gasteiger partial charge in [-0.25, -0.2) is 4.39 Å². The lowest BCUT2D eigenvalue weighted by atomic mass is 10.0. The molecule has 0 aliphatic carbocycles. The number of anilines is 1. The number of carbonyl (C=O) groups is 1. The first-order chi connectivity index (χ1) is 13.9. The zero-order valence-electron chi connectivity index (χ0n) is 16.8. The van der Waals surface area contributed by atoms with Crippen molar-refractivity contribution < 1.29 is 18.4 Å².